The van der Waals surface area contributed by atoms with Crippen LogP contribution in [0.3, 0.4) is 0 Å². The van der Waals surface area contributed by atoms with Gasteiger partial charge < -0.3 is 5.32 Å². The topological polar surface area (TPSA) is 63.6 Å². The van der Waals surface area contributed by atoms with E-state index in [-0.39, 0.29) is 0 Å². The smallest absolute Gasteiger partial charge is 0.140 e. The zero-order valence-electron chi connectivity index (χ0n) is 11.1. The summed E-state index contributed by atoms with van der Waals surface area (Å²) >= 11 is 0. The molecular formula is C16H11N5. The van der Waals surface area contributed by atoms with Crippen molar-refractivity contribution in [2.24, 2.45) is 0 Å². The Hall–Kier alpha value is -3.08. The van der Waals surface area contributed by atoms with Crippen molar-refractivity contribution < 1.29 is 0 Å². The third kappa shape index (κ3) is 2.04. The molecule has 0 aliphatic carbocycles. The van der Waals surface area contributed by atoms with E-state index < -0.39 is 0 Å². The highest BCUT2D eigenvalue weighted by atomic mass is 15.1. The molecule has 0 aliphatic rings. The van der Waals surface area contributed by atoms with Crippen molar-refractivity contribution in [3.63, 3.8) is 0 Å². The number of nitrogens with one attached hydrogen (secondary N) is 1. The predicted molar refractivity (Wildman–Crippen MR) is 82.4 cm³/mol. The van der Waals surface area contributed by atoms with Crippen molar-refractivity contribution in [2.45, 2.75) is 0 Å². The molecule has 4 rings (SSSR count). The van der Waals surface area contributed by atoms with Crippen molar-refractivity contribution in [2.75, 3.05) is 5.32 Å². The molecule has 4 aromatic rings. The van der Waals surface area contributed by atoms with Crippen LogP contribution in [0.25, 0.3) is 21.7 Å². The first-order valence-corrected chi connectivity index (χ1v) is 6.57. The Morgan fingerprint density at radius 3 is 2.52 bits per heavy atom. The van der Waals surface area contributed by atoms with Gasteiger partial charge in [0.25, 0.3) is 0 Å². The van der Waals surface area contributed by atoms with E-state index >= 15 is 0 Å². The molecule has 4 heterocycles. The van der Waals surface area contributed by atoms with Gasteiger partial charge in [-0.2, -0.15) is 0 Å². The van der Waals surface area contributed by atoms with Crippen molar-refractivity contribution in [3.05, 3.63) is 61.3 Å². The number of hydrogen-bond donors (Lipinski definition) is 1. The van der Waals surface area contributed by atoms with Crippen LogP contribution in [0.5, 0.6) is 0 Å². The summed E-state index contributed by atoms with van der Waals surface area (Å²) in [5.41, 5.74) is 0.900. The van der Waals surface area contributed by atoms with Gasteiger partial charge in [-0.3, -0.25) is 9.97 Å². The highest BCUT2D eigenvalue weighted by Crippen LogP contribution is 2.26. The minimum absolute atomic E-state index is 0.748. The molecule has 4 aromatic heterocycles. The van der Waals surface area contributed by atoms with Crippen LogP contribution in [0.15, 0.2) is 61.3 Å². The van der Waals surface area contributed by atoms with Gasteiger partial charge in [-0.1, -0.05) is 0 Å². The lowest BCUT2D eigenvalue weighted by Crippen LogP contribution is -1.98. The van der Waals surface area contributed by atoms with Crippen LogP contribution in [-0.2, 0) is 0 Å². The maximum absolute atomic E-state index is 4.41. The number of aromatic nitrogens is 4. The van der Waals surface area contributed by atoms with E-state index in [1.807, 2.05) is 36.5 Å². The molecule has 0 atom stereocenters. The average Bonchev–Trinajstić information content (AvgIpc) is 2.56. The SMILES string of the molecule is c1cnc2ccnc(Nc3nccc4cnccc34)c2c1. The summed E-state index contributed by atoms with van der Waals surface area (Å²) in [4.78, 5) is 17.3. The third-order valence-corrected chi connectivity index (χ3v) is 3.33. The zero-order chi connectivity index (χ0) is 14.1. The largest absolute Gasteiger partial charge is 0.324 e. The van der Waals surface area contributed by atoms with Crippen LogP contribution in [0.2, 0.25) is 0 Å². The Balaban J connectivity index is 1.87. The molecule has 0 bridgehead atoms. The van der Waals surface area contributed by atoms with Crippen LogP contribution < -0.4 is 5.32 Å². The molecule has 0 aromatic carbocycles. The van der Waals surface area contributed by atoms with Crippen LogP contribution in [0.1, 0.15) is 0 Å². The normalized spacial score (nSPS) is 10.9. The summed E-state index contributed by atoms with van der Waals surface area (Å²) in [6.45, 7) is 0. The molecule has 5 nitrogen and oxygen atoms in total. The van der Waals surface area contributed by atoms with E-state index in [0.29, 0.717) is 0 Å². The highest BCUT2D eigenvalue weighted by molar-refractivity contribution is 5.96. The molecule has 21 heavy (non-hydrogen) atoms. The van der Waals surface area contributed by atoms with Gasteiger partial charge in [0.05, 0.1) is 5.52 Å². The molecule has 5 heteroatoms. The molecule has 0 fully saturated rings. The minimum atomic E-state index is 0.748. The Bertz CT molecular complexity index is 848. The van der Waals surface area contributed by atoms with Crippen molar-refractivity contribution in [1.82, 2.24) is 19.9 Å². The van der Waals surface area contributed by atoms with Crippen LogP contribution in [0.4, 0.5) is 11.6 Å². The first-order chi connectivity index (χ1) is 10.4. The summed E-state index contributed by atoms with van der Waals surface area (Å²) < 4.78 is 0. The van der Waals surface area contributed by atoms with Crippen LogP contribution in [0, 0.1) is 0 Å². The van der Waals surface area contributed by atoms with Gasteiger partial charge in [-0.15, -0.1) is 0 Å². The number of pyridine rings is 4. The number of rotatable bonds is 2. The summed E-state index contributed by atoms with van der Waals surface area (Å²) in [6, 6.07) is 9.65. The number of anilines is 2. The van der Waals surface area contributed by atoms with Gasteiger partial charge in [0.1, 0.15) is 11.6 Å². The Morgan fingerprint density at radius 2 is 1.57 bits per heavy atom. The predicted octanol–water partition coefficient (Wildman–Crippen LogP) is 3.32. The Kier molecular flexibility index (Phi) is 2.67. The molecule has 0 spiro atoms. The summed E-state index contributed by atoms with van der Waals surface area (Å²) in [5, 5.41) is 6.31. The van der Waals surface area contributed by atoms with Gasteiger partial charge in [0, 0.05) is 47.1 Å². The lowest BCUT2D eigenvalue weighted by molar-refractivity contribution is 1.27. The molecule has 0 saturated heterocycles. The van der Waals surface area contributed by atoms with Gasteiger partial charge in [0.15, 0.2) is 0 Å². The van der Waals surface area contributed by atoms with Crippen LogP contribution >= 0.6 is 0 Å². The summed E-state index contributed by atoms with van der Waals surface area (Å²) in [7, 11) is 0. The molecule has 0 aliphatic heterocycles. The number of nitrogens with zero attached hydrogens (tertiary/aromatic N) is 4. The highest BCUT2D eigenvalue weighted by Gasteiger charge is 2.06. The lowest BCUT2D eigenvalue weighted by atomic mass is 10.2. The van der Waals surface area contributed by atoms with E-state index in [0.717, 1.165) is 33.3 Å². The third-order valence-electron chi connectivity index (χ3n) is 3.33. The van der Waals surface area contributed by atoms with Gasteiger partial charge in [-0.25, -0.2) is 9.97 Å². The average molecular weight is 273 g/mol. The standard InChI is InChI=1S/C16H11N5/c1-2-13-14(18-6-1)5-9-20-16(13)21-15-12-4-7-17-10-11(12)3-8-19-15/h1-10H,(H,19,20,21). The quantitative estimate of drug-likeness (QED) is 0.607. The second kappa shape index (κ2) is 4.79. The number of fused-ring (bicyclic) bond motifs is 2. The number of hydrogen-bond acceptors (Lipinski definition) is 5. The lowest BCUT2D eigenvalue weighted by Gasteiger charge is -2.09. The van der Waals surface area contributed by atoms with E-state index in [9.17, 15) is 0 Å². The summed E-state index contributed by atoms with van der Waals surface area (Å²) in [5.74, 6) is 1.51. The van der Waals surface area contributed by atoms with E-state index in [1.54, 1.807) is 24.8 Å². The first-order valence-electron chi connectivity index (χ1n) is 6.57. The van der Waals surface area contributed by atoms with Gasteiger partial charge >= 0.3 is 0 Å². The second-order valence-corrected chi connectivity index (χ2v) is 4.61. The molecule has 0 amide bonds. The molecule has 0 unspecified atom stereocenters. The van der Waals surface area contributed by atoms with E-state index in [4.69, 9.17) is 0 Å². The molecule has 0 saturated carbocycles. The Labute approximate surface area is 120 Å². The minimum Gasteiger partial charge on any atom is -0.324 e. The fraction of sp³-hybridized carbons (Fsp3) is 0. The maximum atomic E-state index is 4.41. The summed E-state index contributed by atoms with van der Waals surface area (Å²) in [6.07, 6.45) is 8.85. The molecule has 1 N–H and O–H groups in total. The fourth-order valence-corrected chi connectivity index (χ4v) is 2.33. The van der Waals surface area contributed by atoms with Crippen molar-refractivity contribution in [1.29, 1.82) is 0 Å². The second-order valence-electron chi connectivity index (χ2n) is 4.61. The van der Waals surface area contributed by atoms with Crippen molar-refractivity contribution in [3.8, 4) is 0 Å². The molecule has 100 valence electrons. The molecular weight excluding hydrogens is 262 g/mol. The van der Waals surface area contributed by atoms with Crippen molar-refractivity contribution >= 4 is 33.3 Å². The van der Waals surface area contributed by atoms with E-state index in [1.165, 1.54) is 0 Å². The first kappa shape index (κ1) is 11.7. The van der Waals surface area contributed by atoms with E-state index in [2.05, 4.69) is 25.3 Å². The monoisotopic (exact) mass is 273 g/mol. The molecule has 0 radical (unpaired) electrons. The van der Waals surface area contributed by atoms with Gasteiger partial charge in [-0.05, 0) is 30.3 Å². The van der Waals surface area contributed by atoms with Gasteiger partial charge in [0.2, 0.25) is 0 Å². The fourth-order valence-electron chi connectivity index (χ4n) is 2.33. The Morgan fingerprint density at radius 1 is 0.714 bits per heavy atom. The van der Waals surface area contributed by atoms with Crippen LogP contribution in [-0.4, -0.2) is 19.9 Å². The zero-order valence-corrected chi connectivity index (χ0v) is 11.1. The maximum Gasteiger partial charge on any atom is 0.140 e.